The fourth-order valence-corrected chi connectivity index (χ4v) is 4.89. The van der Waals surface area contributed by atoms with Crippen molar-refractivity contribution in [2.24, 2.45) is 0 Å². The number of amides is 1. The predicted molar refractivity (Wildman–Crippen MR) is 126 cm³/mol. The zero-order valence-electron chi connectivity index (χ0n) is 18.2. The highest BCUT2D eigenvalue weighted by atomic mass is 35.5. The number of aryl methyl sites for hydroxylation is 1. The Kier molecular flexibility index (Phi) is 8.70. The van der Waals surface area contributed by atoms with E-state index in [9.17, 15) is 14.0 Å². The Bertz CT molecular complexity index is 1150. The van der Waals surface area contributed by atoms with E-state index in [0.29, 0.717) is 33.8 Å². The van der Waals surface area contributed by atoms with E-state index in [4.69, 9.17) is 21.1 Å². The maximum Gasteiger partial charge on any atom is 0.340 e. The van der Waals surface area contributed by atoms with Crippen molar-refractivity contribution in [3.63, 3.8) is 0 Å². The summed E-state index contributed by atoms with van der Waals surface area (Å²) in [6.07, 6.45) is 0.743. The van der Waals surface area contributed by atoms with Gasteiger partial charge in [0, 0.05) is 11.4 Å². The number of rotatable bonds is 10. The lowest BCUT2D eigenvalue weighted by atomic mass is 10.2. The lowest BCUT2D eigenvalue weighted by Crippen LogP contribution is -2.16. The lowest BCUT2D eigenvalue weighted by Gasteiger charge is -2.10. The molecule has 0 atom stereocenters. The average molecular weight is 513 g/mol. The maximum atomic E-state index is 13.2. The monoisotopic (exact) mass is 512 g/mol. The minimum Gasteiger partial charge on any atom is -0.484 e. The van der Waals surface area contributed by atoms with Crippen LogP contribution in [0.15, 0.2) is 29.4 Å². The number of methoxy groups -OCH3 is 1. The van der Waals surface area contributed by atoms with E-state index in [0.717, 1.165) is 11.3 Å². The predicted octanol–water partition coefficient (Wildman–Crippen LogP) is 4.81. The first kappa shape index (κ1) is 25.0. The van der Waals surface area contributed by atoms with Crippen LogP contribution in [0.25, 0.3) is 0 Å². The van der Waals surface area contributed by atoms with Crippen LogP contribution in [0.1, 0.15) is 34.9 Å². The number of hydrogen-bond acceptors (Lipinski definition) is 8. The molecule has 0 spiro atoms. The summed E-state index contributed by atoms with van der Waals surface area (Å²) in [7, 11) is 1.30. The Hall–Kier alpha value is -2.63. The molecule has 33 heavy (non-hydrogen) atoms. The number of ether oxygens (including phenoxy) is 2. The minimum atomic E-state index is -0.495. The first-order valence-electron chi connectivity index (χ1n) is 9.99. The van der Waals surface area contributed by atoms with Crippen LogP contribution >= 0.6 is 34.7 Å². The molecule has 0 saturated heterocycles. The number of nitrogens with zero attached hydrogens (tertiary/aromatic N) is 3. The fourth-order valence-electron chi connectivity index (χ4n) is 2.85. The van der Waals surface area contributed by atoms with Crippen molar-refractivity contribution in [1.29, 1.82) is 0 Å². The van der Waals surface area contributed by atoms with E-state index in [1.165, 1.54) is 48.4 Å². The molecule has 0 fully saturated rings. The van der Waals surface area contributed by atoms with Crippen molar-refractivity contribution in [2.45, 2.75) is 38.6 Å². The highest BCUT2D eigenvalue weighted by molar-refractivity contribution is 7.99. The molecule has 0 aliphatic carbocycles. The highest BCUT2D eigenvalue weighted by Gasteiger charge is 2.19. The Morgan fingerprint density at radius 1 is 1.27 bits per heavy atom. The molecule has 1 amide bonds. The van der Waals surface area contributed by atoms with Crippen LogP contribution in [0.4, 0.5) is 9.39 Å². The molecule has 0 bridgehead atoms. The molecule has 2 aromatic heterocycles. The van der Waals surface area contributed by atoms with E-state index in [1.54, 1.807) is 6.07 Å². The summed E-state index contributed by atoms with van der Waals surface area (Å²) < 4.78 is 25.5. The van der Waals surface area contributed by atoms with Gasteiger partial charge in [-0.05, 0) is 37.6 Å². The van der Waals surface area contributed by atoms with Gasteiger partial charge in [0.15, 0.2) is 11.0 Å². The van der Waals surface area contributed by atoms with Crippen molar-refractivity contribution in [2.75, 3.05) is 18.2 Å². The van der Waals surface area contributed by atoms with Gasteiger partial charge < -0.3 is 19.4 Å². The maximum absolute atomic E-state index is 13.2. The number of benzene rings is 1. The van der Waals surface area contributed by atoms with Gasteiger partial charge in [-0.15, -0.1) is 21.5 Å². The summed E-state index contributed by atoms with van der Waals surface area (Å²) in [6, 6.07) is 5.60. The SMILES string of the molecule is CCc1cc(C(=O)OC)c(NC(=O)CSc2nnc(COc3ccc(F)cc3Cl)n2CC)s1. The van der Waals surface area contributed by atoms with Gasteiger partial charge in [-0.25, -0.2) is 9.18 Å². The smallest absolute Gasteiger partial charge is 0.340 e. The second-order valence-electron chi connectivity index (χ2n) is 6.64. The number of nitrogens with one attached hydrogen (secondary N) is 1. The summed E-state index contributed by atoms with van der Waals surface area (Å²) in [5, 5.41) is 12.2. The second kappa shape index (κ2) is 11.5. The van der Waals surface area contributed by atoms with Crippen LogP contribution in [0, 0.1) is 5.82 Å². The number of carbonyl (C=O) groups is 2. The summed E-state index contributed by atoms with van der Waals surface area (Å²) in [4.78, 5) is 25.5. The quantitative estimate of drug-likeness (QED) is 0.307. The van der Waals surface area contributed by atoms with Crippen LogP contribution in [-0.2, 0) is 29.1 Å². The van der Waals surface area contributed by atoms with Crippen LogP contribution in [0.2, 0.25) is 5.02 Å². The van der Waals surface area contributed by atoms with Crippen molar-refractivity contribution in [1.82, 2.24) is 14.8 Å². The van der Waals surface area contributed by atoms with E-state index >= 15 is 0 Å². The zero-order valence-corrected chi connectivity index (χ0v) is 20.6. The average Bonchev–Trinajstić information content (AvgIpc) is 3.39. The molecule has 1 aromatic carbocycles. The van der Waals surface area contributed by atoms with Gasteiger partial charge in [-0.3, -0.25) is 4.79 Å². The fraction of sp³-hybridized carbons (Fsp3) is 0.333. The van der Waals surface area contributed by atoms with Crippen LogP contribution in [0.3, 0.4) is 0 Å². The van der Waals surface area contributed by atoms with Gasteiger partial charge in [-0.1, -0.05) is 30.3 Å². The third kappa shape index (κ3) is 6.24. The molecular weight excluding hydrogens is 491 g/mol. The van der Waals surface area contributed by atoms with Crippen LogP contribution < -0.4 is 10.1 Å². The summed E-state index contributed by atoms with van der Waals surface area (Å²) in [6.45, 7) is 4.53. The standard InChI is InChI=1S/C21H22ClFN4O4S2/c1-4-13-9-14(20(29)30-3)19(33-13)24-18(28)11-32-21-26-25-17(27(21)5-2)10-31-16-7-6-12(23)8-15(16)22/h6-9H,4-5,10-11H2,1-3H3,(H,24,28). The molecule has 176 valence electrons. The summed E-state index contributed by atoms with van der Waals surface area (Å²) in [5.74, 6) is -0.279. The lowest BCUT2D eigenvalue weighted by molar-refractivity contribution is -0.113. The molecule has 3 aromatic rings. The number of hydrogen-bond donors (Lipinski definition) is 1. The number of aromatic nitrogens is 3. The topological polar surface area (TPSA) is 95.3 Å². The Morgan fingerprint density at radius 3 is 2.73 bits per heavy atom. The van der Waals surface area contributed by atoms with Crippen molar-refractivity contribution < 1.29 is 23.5 Å². The molecule has 12 heteroatoms. The molecular formula is C21H22ClFN4O4S2. The molecule has 0 unspecified atom stereocenters. The molecule has 8 nitrogen and oxygen atoms in total. The number of anilines is 1. The summed E-state index contributed by atoms with van der Waals surface area (Å²) >= 11 is 8.55. The van der Waals surface area contributed by atoms with E-state index < -0.39 is 11.8 Å². The van der Waals surface area contributed by atoms with Gasteiger partial charge >= 0.3 is 5.97 Å². The molecule has 0 saturated carbocycles. The number of esters is 1. The molecule has 1 N–H and O–H groups in total. The van der Waals surface area contributed by atoms with E-state index in [-0.39, 0.29) is 23.3 Å². The number of thioether (sulfide) groups is 1. The second-order valence-corrected chi connectivity index (χ2v) is 9.13. The van der Waals surface area contributed by atoms with Crippen molar-refractivity contribution in [3.8, 4) is 5.75 Å². The Morgan fingerprint density at radius 2 is 2.06 bits per heavy atom. The summed E-state index contributed by atoms with van der Waals surface area (Å²) in [5.41, 5.74) is 0.341. The number of carbonyl (C=O) groups excluding carboxylic acids is 2. The first-order valence-corrected chi connectivity index (χ1v) is 12.2. The van der Waals surface area contributed by atoms with Crippen LogP contribution in [-0.4, -0.2) is 39.5 Å². The molecule has 0 aliphatic rings. The normalized spacial score (nSPS) is 10.8. The van der Waals surface area contributed by atoms with Gasteiger partial charge in [0.2, 0.25) is 5.91 Å². The zero-order chi connectivity index (χ0) is 24.0. The molecule has 0 radical (unpaired) electrons. The highest BCUT2D eigenvalue weighted by Crippen LogP contribution is 2.30. The third-order valence-electron chi connectivity index (χ3n) is 4.48. The van der Waals surface area contributed by atoms with Crippen molar-refractivity contribution in [3.05, 3.63) is 51.4 Å². The Labute approximate surface area is 203 Å². The Balaban J connectivity index is 1.62. The van der Waals surface area contributed by atoms with Gasteiger partial charge in [-0.2, -0.15) is 0 Å². The van der Waals surface area contributed by atoms with Crippen LogP contribution in [0.5, 0.6) is 5.75 Å². The van der Waals surface area contributed by atoms with Gasteiger partial charge in [0.25, 0.3) is 0 Å². The van der Waals surface area contributed by atoms with E-state index in [1.807, 2.05) is 18.4 Å². The number of thiophene rings is 1. The van der Waals surface area contributed by atoms with E-state index in [2.05, 4.69) is 15.5 Å². The van der Waals surface area contributed by atoms with Gasteiger partial charge in [0.1, 0.15) is 23.2 Å². The van der Waals surface area contributed by atoms with Crippen molar-refractivity contribution >= 4 is 51.6 Å². The number of halogens is 2. The first-order chi connectivity index (χ1) is 15.9. The molecule has 3 rings (SSSR count). The minimum absolute atomic E-state index is 0.0722. The molecule has 0 aliphatic heterocycles. The third-order valence-corrected chi connectivity index (χ3v) is 6.94. The largest absolute Gasteiger partial charge is 0.484 e. The van der Waals surface area contributed by atoms with Gasteiger partial charge in [0.05, 0.1) is 23.4 Å². The molecule has 2 heterocycles.